The minimum absolute atomic E-state index is 0.0236. The molecule has 1 aromatic carbocycles. The molecule has 0 spiro atoms. The molecule has 0 aliphatic carbocycles. The number of anilines is 1. The van der Waals surface area contributed by atoms with Gasteiger partial charge in [-0.3, -0.25) is 10.1 Å². The third kappa shape index (κ3) is 4.69. The second-order valence-corrected chi connectivity index (χ2v) is 6.13. The molecule has 22 heavy (non-hydrogen) atoms. The minimum atomic E-state index is -0.536. The van der Waals surface area contributed by atoms with Crippen LogP contribution in [0.5, 0.6) is 0 Å². The summed E-state index contributed by atoms with van der Waals surface area (Å²) < 4.78 is 0. The fraction of sp³-hybridized carbons (Fsp3) is 0. The largest absolute Gasteiger partial charge is 0.332 e. The topological polar surface area (TPSA) is 54.0 Å². The van der Waals surface area contributed by atoms with Gasteiger partial charge in [-0.1, -0.05) is 46.4 Å². The zero-order valence-corrected chi connectivity index (χ0v) is 14.5. The molecule has 4 nitrogen and oxygen atoms in total. The Bertz CT molecular complexity index is 734. The normalized spacial score (nSPS) is 10.2. The summed E-state index contributed by atoms with van der Waals surface area (Å²) in [6.07, 6.45) is 1.34. The first-order valence-electron chi connectivity index (χ1n) is 5.74. The lowest BCUT2D eigenvalue weighted by Gasteiger charge is -2.11. The van der Waals surface area contributed by atoms with E-state index in [0.717, 1.165) is 0 Å². The van der Waals surface area contributed by atoms with E-state index in [9.17, 15) is 4.79 Å². The van der Waals surface area contributed by atoms with Gasteiger partial charge in [0, 0.05) is 21.9 Å². The monoisotopic (exact) mass is 393 g/mol. The van der Waals surface area contributed by atoms with Crippen molar-refractivity contribution in [2.24, 2.45) is 0 Å². The van der Waals surface area contributed by atoms with E-state index in [1.54, 1.807) is 18.2 Å². The molecule has 1 heterocycles. The predicted molar refractivity (Wildman–Crippen MR) is 94.4 cm³/mol. The van der Waals surface area contributed by atoms with Gasteiger partial charge in [0.05, 0.1) is 10.6 Å². The number of hydrogen-bond acceptors (Lipinski definition) is 3. The Kier molecular flexibility index (Phi) is 5.83. The highest BCUT2D eigenvalue weighted by Gasteiger charge is 2.14. The predicted octanol–water partition coefficient (Wildman–Crippen LogP) is 4.82. The number of carbonyl (C=O) groups excluding carboxylic acids is 1. The van der Waals surface area contributed by atoms with E-state index < -0.39 is 5.91 Å². The number of benzene rings is 1. The van der Waals surface area contributed by atoms with E-state index in [1.807, 2.05) is 0 Å². The van der Waals surface area contributed by atoms with Gasteiger partial charge in [-0.05, 0) is 36.5 Å². The zero-order chi connectivity index (χ0) is 16.3. The van der Waals surface area contributed by atoms with Crippen LogP contribution in [0.4, 0.5) is 5.69 Å². The zero-order valence-electron chi connectivity index (χ0n) is 10.7. The molecule has 0 bridgehead atoms. The first-order valence-corrected chi connectivity index (χ1v) is 7.66. The molecule has 2 aromatic rings. The maximum absolute atomic E-state index is 12.1. The molecule has 114 valence electrons. The van der Waals surface area contributed by atoms with E-state index in [0.29, 0.717) is 15.7 Å². The Labute approximate surface area is 151 Å². The molecule has 0 unspecified atom stereocenters. The molecular formula is C13H7Cl4N3OS. The maximum Gasteiger partial charge on any atom is 0.260 e. The van der Waals surface area contributed by atoms with Crippen LogP contribution in [0, 0.1) is 0 Å². The number of pyridine rings is 1. The molecular weight excluding hydrogens is 388 g/mol. The maximum atomic E-state index is 12.1. The van der Waals surface area contributed by atoms with Gasteiger partial charge in [0.15, 0.2) is 5.11 Å². The molecule has 9 heteroatoms. The highest BCUT2D eigenvalue weighted by molar-refractivity contribution is 7.80. The summed E-state index contributed by atoms with van der Waals surface area (Å²) in [5.74, 6) is -0.536. The molecule has 1 amide bonds. The van der Waals surface area contributed by atoms with Crippen molar-refractivity contribution in [2.45, 2.75) is 0 Å². The van der Waals surface area contributed by atoms with E-state index >= 15 is 0 Å². The number of nitrogens with zero attached hydrogens (tertiary/aromatic N) is 1. The average molecular weight is 395 g/mol. The van der Waals surface area contributed by atoms with Crippen LogP contribution >= 0.6 is 58.6 Å². The van der Waals surface area contributed by atoms with E-state index in [2.05, 4.69) is 15.6 Å². The van der Waals surface area contributed by atoms with Crippen LogP contribution in [-0.2, 0) is 0 Å². The minimum Gasteiger partial charge on any atom is -0.332 e. The summed E-state index contributed by atoms with van der Waals surface area (Å²) in [6, 6.07) is 6.19. The second kappa shape index (κ2) is 7.44. The standard InChI is InChI=1S/C13H7Cl4N3OS/c14-6-1-7(15)3-9(2-6)19-13(22)20-12(21)10-4-8(16)5-18-11(10)17/h1-5H,(H2,19,20,21,22). The van der Waals surface area contributed by atoms with Gasteiger partial charge in [-0.2, -0.15) is 0 Å². The third-order valence-electron chi connectivity index (χ3n) is 2.40. The Morgan fingerprint density at radius 3 is 2.27 bits per heavy atom. The number of amides is 1. The molecule has 0 aliphatic heterocycles. The Balaban J connectivity index is 2.08. The molecule has 0 aliphatic rings. The van der Waals surface area contributed by atoms with Gasteiger partial charge in [0.25, 0.3) is 5.91 Å². The fourth-order valence-electron chi connectivity index (χ4n) is 1.54. The molecule has 0 atom stereocenters. The van der Waals surface area contributed by atoms with Crippen LogP contribution in [0.2, 0.25) is 20.2 Å². The highest BCUT2D eigenvalue weighted by atomic mass is 35.5. The SMILES string of the molecule is O=C(NC(=S)Nc1cc(Cl)cc(Cl)c1)c1cc(Cl)cnc1Cl. The van der Waals surface area contributed by atoms with Crippen LogP contribution in [0.15, 0.2) is 30.5 Å². The van der Waals surface area contributed by atoms with Gasteiger partial charge in [-0.15, -0.1) is 0 Å². The molecule has 2 N–H and O–H groups in total. The van der Waals surface area contributed by atoms with E-state index in [-0.39, 0.29) is 20.9 Å². The molecule has 0 fully saturated rings. The van der Waals surface area contributed by atoms with Crippen molar-refractivity contribution < 1.29 is 4.79 Å². The summed E-state index contributed by atoms with van der Waals surface area (Å²) >= 11 is 28.4. The number of rotatable bonds is 2. The molecule has 1 aromatic heterocycles. The van der Waals surface area contributed by atoms with Crippen LogP contribution in [0.1, 0.15) is 10.4 Å². The van der Waals surface area contributed by atoms with Gasteiger partial charge in [0.1, 0.15) is 5.15 Å². The number of aromatic nitrogens is 1. The number of halogens is 4. The van der Waals surface area contributed by atoms with Crippen molar-refractivity contribution in [1.82, 2.24) is 10.3 Å². The van der Waals surface area contributed by atoms with E-state index in [4.69, 9.17) is 58.6 Å². The molecule has 0 radical (unpaired) electrons. The van der Waals surface area contributed by atoms with Gasteiger partial charge >= 0.3 is 0 Å². The molecule has 0 saturated carbocycles. The van der Waals surface area contributed by atoms with Crippen molar-refractivity contribution in [3.8, 4) is 0 Å². The lowest BCUT2D eigenvalue weighted by Crippen LogP contribution is -2.34. The van der Waals surface area contributed by atoms with Gasteiger partial charge < -0.3 is 5.32 Å². The lowest BCUT2D eigenvalue weighted by molar-refractivity contribution is 0.0977. The Morgan fingerprint density at radius 1 is 1.00 bits per heavy atom. The number of carbonyl (C=O) groups is 1. The summed E-state index contributed by atoms with van der Waals surface area (Å²) in [7, 11) is 0. The summed E-state index contributed by atoms with van der Waals surface area (Å²) in [4.78, 5) is 15.9. The fourth-order valence-corrected chi connectivity index (χ4v) is 2.62. The highest BCUT2D eigenvalue weighted by Crippen LogP contribution is 2.22. The molecule has 2 rings (SSSR count). The number of thiocarbonyl (C=S) groups is 1. The van der Waals surface area contributed by atoms with Gasteiger partial charge in [-0.25, -0.2) is 4.98 Å². The smallest absolute Gasteiger partial charge is 0.260 e. The van der Waals surface area contributed by atoms with Crippen molar-refractivity contribution in [2.75, 3.05) is 5.32 Å². The third-order valence-corrected chi connectivity index (χ3v) is 3.55. The van der Waals surface area contributed by atoms with Crippen molar-refractivity contribution >= 4 is 75.3 Å². The van der Waals surface area contributed by atoms with Crippen LogP contribution < -0.4 is 10.6 Å². The van der Waals surface area contributed by atoms with E-state index in [1.165, 1.54) is 12.3 Å². The van der Waals surface area contributed by atoms with Gasteiger partial charge in [0.2, 0.25) is 0 Å². The average Bonchev–Trinajstić information content (AvgIpc) is 2.39. The summed E-state index contributed by atoms with van der Waals surface area (Å²) in [5.41, 5.74) is 0.653. The van der Waals surface area contributed by atoms with Crippen molar-refractivity contribution in [1.29, 1.82) is 0 Å². The first kappa shape index (κ1) is 17.2. The second-order valence-electron chi connectivity index (χ2n) is 4.06. The van der Waals surface area contributed by atoms with Crippen molar-refractivity contribution in [3.63, 3.8) is 0 Å². The summed E-state index contributed by atoms with van der Waals surface area (Å²) in [6.45, 7) is 0. The number of hydrogen-bond donors (Lipinski definition) is 2. The number of nitrogens with one attached hydrogen (secondary N) is 2. The van der Waals surface area contributed by atoms with Crippen LogP contribution in [0.3, 0.4) is 0 Å². The lowest BCUT2D eigenvalue weighted by atomic mass is 10.2. The van der Waals surface area contributed by atoms with Crippen LogP contribution in [0.25, 0.3) is 0 Å². The first-order chi connectivity index (χ1) is 10.3. The van der Waals surface area contributed by atoms with Crippen LogP contribution in [-0.4, -0.2) is 16.0 Å². The Hall–Kier alpha value is -1.11. The van der Waals surface area contributed by atoms with Crippen molar-refractivity contribution in [3.05, 3.63) is 56.2 Å². The quantitative estimate of drug-likeness (QED) is 0.566. The summed E-state index contributed by atoms with van der Waals surface area (Å²) in [5, 5.41) is 6.49. The molecule has 0 saturated heterocycles. The Morgan fingerprint density at radius 2 is 1.64 bits per heavy atom.